The van der Waals surface area contributed by atoms with E-state index in [9.17, 15) is 13.6 Å². The third kappa shape index (κ3) is 3.02. The minimum atomic E-state index is -0.932. The molecule has 0 radical (unpaired) electrons. The van der Waals surface area contributed by atoms with Crippen LogP contribution >= 0.6 is 0 Å². The lowest BCUT2D eigenvalue weighted by atomic mass is 10.1. The lowest BCUT2D eigenvalue weighted by molar-refractivity contribution is -0.121. The van der Waals surface area contributed by atoms with Gasteiger partial charge in [-0.3, -0.25) is 4.79 Å². The second kappa shape index (κ2) is 5.75. The Bertz CT molecular complexity index is 406. The molecule has 1 atom stereocenters. The quantitative estimate of drug-likeness (QED) is 0.791. The van der Waals surface area contributed by atoms with Crippen LogP contribution in [0.15, 0.2) is 18.2 Å². The molecule has 0 aromatic heterocycles. The van der Waals surface area contributed by atoms with Gasteiger partial charge in [0.2, 0.25) is 5.91 Å². The number of benzene rings is 1. The number of carbonyl (C=O) groups excluding carboxylic acids is 1. The molecule has 1 unspecified atom stereocenters. The van der Waals surface area contributed by atoms with Gasteiger partial charge in [-0.15, -0.1) is 0 Å². The topological polar surface area (TPSA) is 20.3 Å². The maximum atomic E-state index is 13.1. The van der Waals surface area contributed by atoms with Gasteiger partial charge in [-0.2, -0.15) is 0 Å². The first-order valence-corrected chi connectivity index (χ1v) is 5.77. The van der Waals surface area contributed by atoms with Crippen molar-refractivity contribution in [3.63, 3.8) is 0 Å². The van der Waals surface area contributed by atoms with E-state index in [1.807, 2.05) is 20.8 Å². The van der Waals surface area contributed by atoms with E-state index in [-0.39, 0.29) is 11.8 Å². The summed E-state index contributed by atoms with van der Waals surface area (Å²) in [6.07, 6.45) is 0.721. The lowest BCUT2D eigenvalue weighted by Crippen LogP contribution is -2.34. The Hall–Kier alpha value is -1.45. The summed E-state index contributed by atoms with van der Waals surface area (Å²) < 4.78 is 25.9. The van der Waals surface area contributed by atoms with Crippen LogP contribution in [0.4, 0.5) is 14.5 Å². The Labute approximate surface area is 100 Å². The number of nitrogens with zero attached hydrogens (tertiary/aromatic N) is 1. The Morgan fingerprint density at radius 3 is 2.41 bits per heavy atom. The molecule has 0 aliphatic heterocycles. The van der Waals surface area contributed by atoms with Crippen molar-refractivity contribution in [1.29, 1.82) is 0 Å². The lowest BCUT2D eigenvalue weighted by Gasteiger charge is -2.24. The number of amides is 1. The fraction of sp³-hybridized carbons (Fsp3) is 0.462. The first-order chi connectivity index (χ1) is 8.01. The van der Waals surface area contributed by atoms with Crippen LogP contribution in [0.25, 0.3) is 0 Å². The van der Waals surface area contributed by atoms with Crippen molar-refractivity contribution in [3.05, 3.63) is 29.8 Å². The normalized spacial score (nSPS) is 12.3. The molecule has 0 aliphatic rings. The SMILES string of the molecule is CCC(C)C(=O)N(CC)c1ccc(F)c(F)c1. The molecule has 0 fully saturated rings. The molecule has 1 rings (SSSR count). The average Bonchev–Trinajstić information content (AvgIpc) is 2.33. The maximum Gasteiger partial charge on any atom is 0.229 e. The van der Waals surface area contributed by atoms with E-state index in [0.717, 1.165) is 18.6 Å². The fourth-order valence-corrected chi connectivity index (χ4v) is 1.56. The van der Waals surface area contributed by atoms with Crippen molar-refractivity contribution in [2.24, 2.45) is 5.92 Å². The Morgan fingerprint density at radius 2 is 1.94 bits per heavy atom. The number of rotatable bonds is 4. The van der Waals surface area contributed by atoms with E-state index in [2.05, 4.69) is 0 Å². The Morgan fingerprint density at radius 1 is 1.29 bits per heavy atom. The van der Waals surface area contributed by atoms with E-state index >= 15 is 0 Å². The molecular weight excluding hydrogens is 224 g/mol. The van der Waals surface area contributed by atoms with Gasteiger partial charge in [-0.05, 0) is 25.5 Å². The molecule has 0 heterocycles. The summed E-state index contributed by atoms with van der Waals surface area (Å²) in [6, 6.07) is 3.51. The molecule has 0 bridgehead atoms. The highest BCUT2D eigenvalue weighted by Crippen LogP contribution is 2.20. The van der Waals surface area contributed by atoms with Gasteiger partial charge in [0.1, 0.15) is 0 Å². The van der Waals surface area contributed by atoms with Gasteiger partial charge in [0.05, 0.1) is 0 Å². The van der Waals surface area contributed by atoms with E-state index in [1.54, 1.807) is 0 Å². The van der Waals surface area contributed by atoms with Gasteiger partial charge in [0.25, 0.3) is 0 Å². The predicted molar refractivity (Wildman–Crippen MR) is 63.8 cm³/mol. The molecular formula is C13H17F2NO. The van der Waals surface area contributed by atoms with Crippen LogP contribution in [0.5, 0.6) is 0 Å². The van der Waals surface area contributed by atoms with Crippen LogP contribution in [0.1, 0.15) is 27.2 Å². The van der Waals surface area contributed by atoms with Gasteiger partial charge in [0.15, 0.2) is 11.6 Å². The highest BCUT2D eigenvalue weighted by Gasteiger charge is 2.20. The molecule has 1 aromatic rings. The number of carbonyl (C=O) groups is 1. The predicted octanol–water partition coefficient (Wildman–Crippen LogP) is 3.36. The zero-order valence-corrected chi connectivity index (χ0v) is 10.3. The molecule has 1 amide bonds. The van der Waals surface area contributed by atoms with Gasteiger partial charge in [-0.1, -0.05) is 13.8 Å². The monoisotopic (exact) mass is 241 g/mol. The average molecular weight is 241 g/mol. The molecule has 17 heavy (non-hydrogen) atoms. The summed E-state index contributed by atoms with van der Waals surface area (Å²) in [7, 11) is 0. The molecule has 94 valence electrons. The molecule has 0 saturated carbocycles. The first kappa shape index (κ1) is 13.6. The molecule has 0 spiro atoms. The summed E-state index contributed by atoms with van der Waals surface area (Å²) in [4.78, 5) is 13.5. The summed E-state index contributed by atoms with van der Waals surface area (Å²) in [5.41, 5.74) is 0.400. The van der Waals surface area contributed by atoms with Crippen LogP contribution in [0.3, 0.4) is 0 Å². The third-order valence-electron chi connectivity index (χ3n) is 2.83. The Balaban J connectivity index is 3.01. The van der Waals surface area contributed by atoms with Crippen LogP contribution in [0.2, 0.25) is 0 Å². The summed E-state index contributed by atoms with van der Waals surface area (Å²) in [5.74, 6) is -2.03. The van der Waals surface area contributed by atoms with Crippen molar-refractivity contribution in [2.45, 2.75) is 27.2 Å². The minimum Gasteiger partial charge on any atom is -0.312 e. The molecule has 2 nitrogen and oxygen atoms in total. The standard InChI is InChI=1S/C13H17F2NO/c1-4-9(3)13(17)16(5-2)10-6-7-11(14)12(15)8-10/h6-9H,4-5H2,1-3H3. The Kier molecular flexibility index (Phi) is 4.61. The van der Waals surface area contributed by atoms with Gasteiger partial charge >= 0.3 is 0 Å². The number of anilines is 1. The highest BCUT2D eigenvalue weighted by molar-refractivity contribution is 5.94. The number of halogens is 2. The van der Waals surface area contributed by atoms with E-state index in [4.69, 9.17) is 0 Å². The van der Waals surface area contributed by atoms with Gasteiger partial charge < -0.3 is 4.90 Å². The molecule has 4 heteroatoms. The van der Waals surface area contributed by atoms with Crippen molar-refractivity contribution in [3.8, 4) is 0 Å². The largest absolute Gasteiger partial charge is 0.312 e. The zero-order valence-electron chi connectivity index (χ0n) is 10.3. The van der Waals surface area contributed by atoms with Gasteiger partial charge in [-0.25, -0.2) is 8.78 Å². The second-order valence-corrected chi connectivity index (χ2v) is 3.99. The highest BCUT2D eigenvalue weighted by atomic mass is 19.2. The van der Waals surface area contributed by atoms with E-state index < -0.39 is 11.6 Å². The third-order valence-corrected chi connectivity index (χ3v) is 2.83. The summed E-state index contributed by atoms with van der Waals surface area (Å²) in [6.45, 7) is 5.99. The molecule has 0 saturated heterocycles. The van der Waals surface area contributed by atoms with Gasteiger partial charge in [0, 0.05) is 24.2 Å². The first-order valence-electron chi connectivity index (χ1n) is 5.77. The van der Waals surface area contributed by atoms with Crippen LogP contribution in [-0.2, 0) is 4.79 Å². The van der Waals surface area contributed by atoms with Crippen LogP contribution < -0.4 is 4.90 Å². The molecule has 0 aliphatic carbocycles. The smallest absolute Gasteiger partial charge is 0.229 e. The fourth-order valence-electron chi connectivity index (χ4n) is 1.56. The number of hydrogen-bond acceptors (Lipinski definition) is 1. The van der Waals surface area contributed by atoms with Crippen molar-refractivity contribution in [2.75, 3.05) is 11.4 Å². The van der Waals surface area contributed by atoms with E-state index in [1.165, 1.54) is 11.0 Å². The zero-order chi connectivity index (χ0) is 13.0. The summed E-state index contributed by atoms with van der Waals surface area (Å²) >= 11 is 0. The maximum absolute atomic E-state index is 13.1. The summed E-state index contributed by atoms with van der Waals surface area (Å²) in [5, 5.41) is 0. The molecule has 0 N–H and O–H groups in total. The van der Waals surface area contributed by atoms with Crippen LogP contribution in [0, 0.1) is 17.6 Å². The number of hydrogen-bond donors (Lipinski definition) is 0. The second-order valence-electron chi connectivity index (χ2n) is 3.99. The van der Waals surface area contributed by atoms with E-state index in [0.29, 0.717) is 12.2 Å². The van der Waals surface area contributed by atoms with Crippen LogP contribution in [-0.4, -0.2) is 12.5 Å². The van der Waals surface area contributed by atoms with Crippen molar-refractivity contribution in [1.82, 2.24) is 0 Å². The van der Waals surface area contributed by atoms with Crippen molar-refractivity contribution >= 4 is 11.6 Å². The minimum absolute atomic E-state index is 0.0685. The molecule has 1 aromatic carbocycles. The van der Waals surface area contributed by atoms with Crippen molar-refractivity contribution < 1.29 is 13.6 Å².